The molecule has 6 nitrogen and oxygen atoms in total. The molecule has 1 aliphatic carbocycles. The molecule has 1 saturated carbocycles. The minimum Gasteiger partial charge on any atom is -0.507 e. The monoisotopic (exact) mass is 490 g/mol. The van der Waals surface area contributed by atoms with E-state index >= 15 is 0 Å². The van der Waals surface area contributed by atoms with Crippen LogP contribution in [0.5, 0.6) is 23.0 Å². The molecule has 184 valence electrons. The number of hydrogen-bond donors (Lipinski definition) is 2. The number of ether oxygens (including phenoxy) is 2. The third kappa shape index (κ3) is 7.56. The fourth-order valence-electron chi connectivity index (χ4n) is 3.46. The molecular weight excluding hydrogens is 470 g/mol. The van der Waals surface area contributed by atoms with Crippen LogP contribution < -0.4 is 9.47 Å². The van der Waals surface area contributed by atoms with Crippen molar-refractivity contribution in [2.45, 2.75) is 50.5 Å². The summed E-state index contributed by atoms with van der Waals surface area (Å²) in [6, 6.07) is 5.25. The molecule has 0 radical (unpaired) electrons. The highest BCUT2D eigenvalue weighted by molar-refractivity contribution is 5.85. The van der Waals surface area contributed by atoms with E-state index in [1.807, 2.05) is 0 Å². The highest BCUT2D eigenvalue weighted by atomic mass is 19.4. The first kappa shape index (κ1) is 25.2. The molecule has 2 atom stereocenters. The molecule has 3 rings (SSSR count). The Labute approximate surface area is 190 Å². The first-order chi connectivity index (χ1) is 15.9. The van der Waals surface area contributed by atoms with Gasteiger partial charge in [0.15, 0.2) is 0 Å². The van der Waals surface area contributed by atoms with Gasteiger partial charge in [0.2, 0.25) is 0 Å². The number of aliphatic imine (C=N–C) groups is 2. The lowest BCUT2D eigenvalue weighted by atomic mass is 9.91. The number of phenols is 2. The quantitative estimate of drug-likeness (QED) is 0.399. The maximum absolute atomic E-state index is 12.4. The van der Waals surface area contributed by atoms with Crippen molar-refractivity contribution in [2.75, 3.05) is 0 Å². The molecule has 0 unspecified atom stereocenters. The second-order valence-corrected chi connectivity index (χ2v) is 7.51. The summed E-state index contributed by atoms with van der Waals surface area (Å²) in [6.07, 6.45) is -4.49. The summed E-state index contributed by atoms with van der Waals surface area (Å²) < 4.78 is 82.4. The normalized spacial score (nSPS) is 19.6. The Hall–Kier alpha value is -3.44. The zero-order valence-corrected chi connectivity index (χ0v) is 17.5. The lowest BCUT2D eigenvalue weighted by molar-refractivity contribution is -0.275. The van der Waals surface area contributed by atoms with E-state index < -0.39 is 36.3 Å². The summed E-state index contributed by atoms with van der Waals surface area (Å²) in [6.45, 7) is 0. The van der Waals surface area contributed by atoms with Crippen LogP contribution in [0.3, 0.4) is 0 Å². The predicted molar refractivity (Wildman–Crippen MR) is 111 cm³/mol. The SMILES string of the molecule is Oc1ccc(OC(F)(F)F)cc1C=N[C@H]1CCCC[C@@H]1N=Cc1cc(OC(F)(F)F)ccc1O. The second kappa shape index (κ2) is 10.2. The molecule has 0 heterocycles. The summed E-state index contributed by atoms with van der Waals surface area (Å²) in [4.78, 5) is 8.73. The van der Waals surface area contributed by atoms with E-state index in [1.54, 1.807) is 0 Å². The molecule has 0 aliphatic heterocycles. The fraction of sp³-hybridized carbons (Fsp3) is 0.364. The smallest absolute Gasteiger partial charge is 0.507 e. The van der Waals surface area contributed by atoms with Gasteiger partial charge < -0.3 is 19.7 Å². The number of alkyl halides is 6. The Morgan fingerprint density at radius 1 is 0.706 bits per heavy atom. The highest BCUT2D eigenvalue weighted by Crippen LogP contribution is 2.30. The Bertz CT molecular complexity index is 969. The Morgan fingerprint density at radius 2 is 1.09 bits per heavy atom. The van der Waals surface area contributed by atoms with Crippen molar-refractivity contribution in [1.82, 2.24) is 0 Å². The standard InChI is InChI=1S/C22H20F6N2O4/c23-21(24,25)33-15-5-7-19(31)13(9-15)11-29-17-3-1-2-4-18(17)30-12-14-10-16(6-8-20(14)32)34-22(26,27)28/h5-12,17-18,31-32H,1-4H2/t17-,18-/m0/s1. The van der Waals surface area contributed by atoms with Gasteiger partial charge in [-0.1, -0.05) is 12.8 Å². The van der Waals surface area contributed by atoms with Crippen LogP contribution in [0.2, 0.25) is 0 Å². The van der Waals surface area contributed by atoms with Crippen LogP contribution >= 0.6 is 0 Å². The van der Waals surface area contributed by atoms with E-state index in [1.165, 1.54) is 12.4 Å². The van der Waals surface area contributed by atoms with Gasteiger partial charge in [0.25, 0.3) is 0 Å². The van der Waals surface area contributed by atoms with Crippen molar-refractivity contribution in [3.05, 3.63) is 47.5 Å². The molecule has 0 amide bonds. The van der Waals surface area contributed by atoms with Gasteiger partial charge in [0.1, 0.15) is 23.0 Å². The minimum atomic E-state index is -4.89. The summed E-state index contributed by atoms with van der Waals surface area (Å²) in [5, 5.41) is 19.9. The van der Waals surface area contributed by atoms with Crippen LogP contribution in [-0.4, -0.2) is 47.5 Å². The molecule has 2 aromatic rings. The number of halogens is 6. The van der Waals surface area contributed by atoms with E-state index in [2.05, 4.69) is 19.5 Å². The molecule has 0 saturated heterocycles. The van der Waals surface area contributed by atoms with Gasteiger partial charge in [-0.15, -0.1) is 26.3 Å². The molecule has 0 spiro atoms. The van der Waals surface area contributed by atoms with Crippen molar-refractivity contribution in [1.29, 1.82) is 0 Å². The third-order valence-corrected chi connectivity index (χ3v) is 4.97. The minimum absolute atomic E-state index is 0.0182. The number of hydrogen-bond acceptors (Lipinski definition) is 6. The second-order valence-electron chi connectivity index (χ2n) is 7.51. The fourth-order valence-corrected chi connectivity index (χ4v) is 3.46. The van der Waals surface area contributed by atoms with Gasteiger partial charge in [-0.05, 0) is 49.2 Å². The van der Waals surface area contributed by atoms with Crippen molar-refractivity contribution in [3.8, 4) is 23.0 Å². The van der Waals surface area contributed by atoms with Crippen LogP contribution in [0.15, 0.2) is 46.4 Å². The van der Waals surface area contributed by atoms with Crippen LogP contribution in [0.1, 0.15) is 36.8 Å². The van der Waals surface area contributed by atoms with Crippen LogP contribution in [0, 0.1) is 0 Å². The van der Waals surface area contributed by atoms with Gasteiger partial charge in [-0.3, -0.25) is 9.98 Å². The first-order valence-corrected chi connectivity index (χ1v) is 10.1. The topological polar surface area (TPSA) is 83.6 Å². The maximum Gasteiger partial charge on any atom is 0.573 e. The zero-order valence-electron chi connectivity index (χ0n) is 17.5. The molecule has 2 N–H and O–H groups in total. The van der Waals surface area contributed by atoms with Crippen molar-refractivity contribution in [3.63, 3.8) is 0 Å². The van der Waals surface area contributed by atoms with Crippen LogP contribution in [0.4, 0.5) is 26.3 Å². The summed E-state index contributed by atoms with van der Waals surface area (Å²) in [5.74, 6) is -1.61. The lowest BCUT2D eigenvalue weighted by Gasteiger charge is -2.25. The third-order valence-electron chi connectivity index (χ3n) is 4.97. The van der Waals surface area contributed by atoms with E-state index in [9.17, 15) is 36.6 Å². The molecule has 2 aromatic carbocycles. The molecule has 12 heteroatoms. The lowest BCUT2D eigenvalue weighted by Crippen LogP contribution is -2.27. The van der Waals surface area contributed by atoms with Gasteiger partial charge in [-0.2, -0.15) is 0 Å². The Balaban J connectivity index is 1.77. The van der Waals surface area contributed by atoms with Gasteiger partial charge in [0.05, 0.1) is 12.1 Å². The predicted octanol–water partition coefficient (Wildman–Crippen LogP) is 5.74. The average molecular weight is 490 g/mol. The number of rotatable bonds is 6. The van der Waals surface area contributed by atoms with E-state index in [0.29, 0.717) is 12.8 Å². The summed E-state index contributed by atoms with van der Waals surface area (Å²) in [5.41, 5.74) is 0.0365. The van der Waals surface area contributed by atoms with Gasteiger partial charge >= 0.3 is 12.7 Å². The van der Waals surface area contributed by atoms with E-state index in [0.717, 1.165) is 49.2 Å². The van der Waals surface area contributed by atoms with Gasteiger partial charge in [-0.25, -0.2) is 0 Å². The molecule has 0 aromatic heterocycles. The van der Waals surface area contributed by atoms with Crippen LogP contribution in [-0.2, 0) is 0 Å². The number of phenolic OH excluding ortho intramolecular Hbond substituents is 2. The molecule has 1 aliphatic rings. The van der Waals surface area contributed by atoms with Crippen molar-refractivity contribution >= 4 is 12.4 Å². The Kier molecular flexibility index (Phi) is 7.57. The maximum atomic E-state index is 12.4. The van der Waals surface area contributed by atoms with Crippen molar-refractivity contribution in [2.24, 2.45) is 9.98 Å². The molecule has 0 bridgehead atoms. The first-order valence-electron chi connectivity index (χ1n) is 10.1. The van der Waals surface area contributed by atoms with E-state index in [-0.39, 0.29) is 22.6 Å². The van der Waals surface area contributed by atoms with Crippen molar-refractivity contribution < 1.29 is 46.0 Å². The molecular formula is C22H20F6N2O4. The average Bonchev–Trinajstić information content (AvgIpc) is 2.73. The number of nitrogens with zero attached hydrogens (tertiary/aromatic N) is 2. The highest BCUT2D eigenvalue weighted by Gasteiger charge is 2.32. The number of benzene rings is 2. The summed E-state index contributed by atoms with van der Waals surface area (Å²) >= 11 is 0. The Morgan fingerprint density at radius 3 is 1.44 bits per heavy atom. The largest absolute Gasteiger partial charge is 0.573 e. The zero-order chi connectivity index (χ0) is 24.9. The summed E-state index contributed by atoms with van der Waals surface area (Å²) in [7, 11) is 0. The van der Waals surface area contributed by atoms with E-state index in [4.69, 9.17) is 0 Å². The van der Waals surface area contributed by atoms with Gasteiger partial charge in [0, 0.05) is 23.6 Å². The van der Waals surface area contributed by atoms with Crippen LogP contribution in [0.25, 0.3) is 0 Å². The molecule has 1 fully saturated rings. The number of aromatic hydroxyl groups is 2. The molecule has 34 heavy (non-hydrogen) atoms.